The third kappa shape index (κ3) is 34.4. The van der Waals surface area contributed by atoms with Crippen molar-refractivity contribution in [2.45, 2.75) is 161 Å². The number of unbranched alkanes of at least 4 members (excludes halogenated alkanes) is 13. The van der Waals surface area contributed by atoms with Gasteiger partial charge in [-0.15, -0.1) is 0 Å². The Morgan fingerprint density at radius 1 is 0.680 bits per heavy atom. The van der Waals surface area contributed by atoms with Gasteiger partial charge in [0.05, 0.1) is 25.4 Å². The zero-order chi connectivity index (χ0) is 36.8. The standard InChI is InChI=1S/C41H73N2O6P/c1-3-5-7-9-11-13-15-16-17-18-19-20-21-22-23-24-25-27-29-31-33-35-41(45)43-39(38-49-50(46,47)48-37-36-42)40(44)34-32-30-28-26-14-12-10-8-6-4-2/h5,7,11,13-14,16-17,19-20,26,32,34,39-40,44H,3-4,6,8-10,12,15,18,21-25,27-31,33,35-38,42H2,1-2H3,(H,43,45)(H,46,47)/b7-5-,13-11-,17-16-,20-19-,26-14+,34-32+. The van der Waals surface area contributed by atoms with Crippen molar-refractivity contribution in [1.29, 1.82) is 0 Å². The van der Waals surface area contributed by atoms with Crippen LogP contribution in [0.4, 0.5) is 0 Å². The maximum Gasteiger partial charge on any atom is 0.472 e. The molecule has 0 aliphatic heterocycles. The molecule has 0 saturated carbocycles. The summed E-state index contributed by atoms with van der Waals surface area (Å²) in [5.74, 6) is -0.219. The molecule has 0 bridgehead atoms. The molecule has 0 aliphatic rings. The maximum atomic E-state index is 12.7. The molecule has 50 heavy (non-hydrogen) atoms. The number of carbonyl (C=O) groups is 1. The summed E-state index contributed by atoms with van der Waals surface area (Å²) >= 11 is 0. The Labute approximate surface area is 306 Å². The lowest BCUT2D eigenvalue weighted by molar-refractivity contribution is -0.123. The average Bonchev–Trinajstić information content (AvgIpc) is 3.10. The number of nitrogens with two attached hydrogens (primary N) is 1. The highest BCUT2D eigenvalue weighted by Gasteiger charge is 2.26. The largest absolute Gasteiger partial charge is 0.472 e. The zero-order valence-electron chi connectivity index (χ0n) is 31.6. The second kappa shape index (κ2) is 36.7. The molecule has 3 atom stereocenters. The number of amides is 1. The topological polar surface area (TPSA) is 131 Å². The van der Waals surface area contributed by atoms with Crippen molar-refractivity contribution in [1.82, 2.24) is 5.32 Å². The first kappa shape index (κ1) is 47.9. The van der Waals surface area contributed by atoms with Crippen molar-refractivity contribution in [3.8, 4) is 0 Å². The Kier molecular flexibility index (Phi) is 35.2. The highest BCUT2D eigenvalue weighted by molar-refractivity contribution is 7.47. The molecule has 0 saturated heterocycles. The van der Waals surface area contributed by atoms with Crippen molar-refractivity contribution >= 4 is 13.7 Å². The summed E-state index contributed by atoms with van der Waals surface area (Å²) in [5, 5.41) is 13.5. The highest BCUT2D eigenvalue weighted by atomic mass is 31.2. The fraction of sp³-hybridized carbons (Fsp3) is 0.683. The lowest BCUT2D eigenvalue weighted by atomic mass is 10.1. The van der Waals surface area contributed by atoms with Gasteiger partial charge >= 0.3 is 7.82 Å². The van der Waals surface area contributed by atoms with Crippen LogP contribution in [0.2, 0.25) is 0 Å². The number of hydrogen-bond donors (Lipinski definition) is 4. The number of aliphatic hydroxyl groups is 1. The summed E-state index contributed by atoms with van der Waals surface area (Å²) in [6, 6.07) is -0.883. The molecule has 1 amide bonds. The second-order valence-electron chi connectivity index (χ2n) is 12.7. The van der Waals surface area contributed by atoms with Crippen LogP contribution in [-0.2, 0) is 18.4 Å². The van der Waals surface area contributed by atoms with Crippen molar-refractivity contribution in [3.63, 3.8) is 0 Å². The van der Waals surface area contributed by atoms with Crippen molar-refractivity contribution in [2.75, 3.05) is 19.8 Å². The van der Waals surface area contributed by atoms with Crippen LogP contribution in [0.25, 0.3) is 0 Å². The smallest absolute Gasteiger partial charge is 0.387 e. The van der Waals surface area contributed by atoms with Crippen molar-refractivity contribution in [3.05, 3.63) is 72.9 Å². The van der Waals surface area contributed by atoms with Gasteiger partial charge in [0.25, 0.3) is 0 Å². The molecule has 0 spiro atoms. The number of nitrogens with one attached hydrogen (secondary N) is 1. The molecule has 288 valence electrons. The Morgan fingerprint density at radius 3 is 1.78 bits per heavy atom. The van der Waals surface area contributed by atoms with Crippen LogP contribution in [0.15, 0.2) is 72.9 Å². The Morgan fingerprint density at radius 2 is 1.18 bits per heavy atom. The number of allylic oxidation sites excluding steroid dienone is 11. The summed E-state index contributed by atoms with van der Waals surface area (Å²) < 4.78 is 22.0. The summed E-state index contributed by atoms with van der Waals surface area (Å²) in [5.41, 5.74) is 5.35. The van der Waals surface area contributed by atoms with E-state index in [1.54, 1.807) is 6.08 Å². The lowest BCUT2D eigenvalue weighted by Crippen LogP contribution is -2.45. The van der Waals surface area contributed by atoms with Gasteiger partial charge in [-0.1, -0.05) is 145 Å². The first-order chi connectivity index (χ1) is 24.4. The molecular weight excluding hydrogens is 647 g/mol. The molecule has 0 aromatic carbocycles. The van der Waals surface area contributed by atoms with Crippen LogP contribution in [0.3, 0.4) is 0 Å². The van der Waals surface area contributed by atoms with Crippen LogP contribution in [0.5, 0.6) is 0 Å². The van der Waals surface area contributed by atoms with Gasteiger partial charge in [-0.3, -0.25) is 13.8 Å². The minimum absolute atomic E-state index is 0.0688. The van der Waals surface area contributed by atoms with E-state index in [9.17, 15) is 19.4 Å². The fourth-order valence-corrected chi connectivity index (χ4v) is 5.84. The molecule has 3 unspecified atom stereocenters. The summed E-state index contributed by atoms with van der Waals surface area (Å²) in [4.78, 5) is 22.6. The van der Waals surface area contributed by atoms with Gasteiger partial charge < -0.3 is 21.1 Å². The average molecular weight is 721 g/mol. The third-order valence-electron chi connectivity index (χ3n) is 8.02. The van der Waals surface area contributed by atoms with Crippen LogP contribution in [0, 0.1) is 0 Å². The molecule has 0 aromatic heterocycles. The Bertz CT molecular complexity index is 1010. The van der Waals surface area contributed by atoms with E-state index in [2.05, 4.69) is 79.9 Å². The molecule has 0 radical (unpaired) electrons. The normalized spacial score (nSPS) is 15.1. The molecular formula is C41H73N2O6P. The van der Waals surface area contributed by atoms with Crippen LogP contribution < -0.4 is 11.1 Å². The monoisotopic (exact) mass is 721 g/mol. The minimum Gasteiger partial charge on any atom is -0.387 e. The molecule has 0 fully saturated rings. The molecule has 0 aliphatic carbocycles. The number of rotatable bonds is 35. The van der Waals surface area contributed by atoms with Gasteiger partial charge in [-0.05, 0) is 70.6 Å². The van der Waals surface area contributed by atoms with E-state index in [-0.39, 0.29) is 25.7 Å². The summed E-state index contributed by atoms with van der Waals surface area (Å²) in [6.45, 7) is 3.93. The minimum atomic E-state index is -4.34. The summed E-state index contributed by atoms with van der Waals surface area (Å²) in [7, 11) is -4.34. The Balaban J connectivity index is 4.24. The van der Waals surface area contributed by atoms with Crippen molar-refractivity contribution in [2.24, 2.45) is 5.73 Å². The predicted molar refractivity (Wildman–Crippen MR) is 212 cm³/mol. The van der Waals surface area contributed by atoms with Gasteiger partial charge in [0.2, 0.25) is 5.91 Å². The molecule has 9 heteroatoms. The number of phosphoric acid groups is 1. The molecule has 0 aromatic rings. The van der Waals surface area contributed by atoms with E-state index in [0.29, 0.717) is 6.42 Å². The van der Waals surface area contributed by atoms with Gasteiger partial charge in [0.1, 0.15) is 0 Å². The second-order valence-corrected chi connectivity index (χ2v) is 14.2. The molecule has 0 rings (SSSR count). The third-order valence-corrected chi connectivity index (χ3v) is 9.00. The van der Waals surface area contributed by atoms with E-state index in [1.165, 1.54) is 51.4 Å². The van der Waals surface area contributed by atoms with E-state index >= 15 is 0 Å². The van der Waals surface area contributed by atoms with E-state index in [1.807, 2.05) is 6.08 Å². The predicted octanol–water partition coefficient (Wildman–Crippen LogP) is 10.5. The van der Waals surface area contributed by atoms with E-state index in [4.69, 9.17) is 14.8 Å². The van der Waals surface area contributed by atoms with Gasteiger partial charge in [0, 0.05) is 13.0 Å². The van der Waals surface area contributed by atoms with Gasteiger partial charge in [-0.25, -0.2) is 4.57 Å². The molecule has 8 nitrogen and oxygen atoms in total. The van der Waals surface area contributed by atoms with Gasteiger partial charge in [0.15, 0.2) is 0 Å². The van der Waals surface area contributed by atoms with Crippen molar-refractivity contribution < 1.29 is 28.4 Å². The SMILES string of the molecule is CC/C=C\C/C=C\C/C=C\C/C=C\CCCCCCCCCCC(=O)NC(COP(=O)(O)OCCN)C(O)/C=C/CC/C=C/CCCCCC. The zero-order valence-corrected chi connectivity index (χ0v) is 32.5. The lowest BCUT2D eigenvalue weighted by Gasteiger charge is -2.23. The molecule has 0 heterocycles. The van der Waals surface area contributed by atoms with E-state index in [0.717, 1.165) is 77.0 Å². The van der Waals surface area contributed by atoms with Crippen LogP contribution in [0.1, 0.15) is 149 Å². The van der Waals surface area contributed by atoms with Crippen LogP contribution in [-0.4, -0.2) is 47.8 Å². The quantitative estimate of drug-likeness (QED) is 0.0291. The highest BCUT2D eigenvalue weighted by Crippen LogP contribution is 2.43. The van der Waals surface area contributed by atoms with Crippen LogP contribution >= 0.6 is 7.82 Å². The number of phosphoric ester groups is 1. The number of aliphatic hydroxyl groups excluding tert-OH is 1. The maximum absolute atomic E-state index is 12.7. The summed E-state index contributed by atoms with van der Waals surface area (Å²) in [6.07, 6.45) is 46.7. The first-order valence-corrected chi connectivity index (χ1v) is 21.1. The van der Waals surface area contributed by atoms with E-state index < -0.39 is 20.0 Å². The molecule has 5 N–H and O–H groups in total. The first-order valence-electron chi connectivity index (χ1n) is 19.6. The number of carbonyl (C=O) groups excluding carboxylic acids is 1. The number of hydrogen-bond acceptors (Lipinski definition) is 6. The Hall–Kier alpha value is -2.06. The van der Waals surface area contributed by atoms with Gasteiger partial charge in [-0.2, -0.15) is 0 Å². The fourth-order valence-electron chi connectivity index (χ4n) is 5.08.